The molecule has 2 aliphatic heterocycles. The van der Waals surface area contributed by atoms with Crippen molar-refractivity contribution in [2.24, 2.45) is 0 Å². The fraction of sp³-hybridized carbons (Fsp3) is 0.789. The molecule has 0 aliphatic carbocycles. The average molecular weight is 417 g/mol. The predicted molar refractivity (Wildman–Crippen MR) is 106 cm³/mol. The molecule has 0 radical (unpaired) electrons. The number of hydrogen-bond donors (Lipinski definition) is 1. The number of carbonyl (C=O) groups is 2. The number of amides is 2. The van der Waals surface area contributed by atoms with E-state index in [2.05, 4.69) is 4.72 Å². The highest BCUT2D eigenvalue weighted by molar-refractivity contribution is 7.84. The first-order chi connectivity index (χ1) is 12.6. The lowest BCUT2D eigenvalue weighted by molar-refractivity contribution is -0.143. The number of hydrogen-bond acceptors (Lipinski definition) is 6. The Morgan fingerprint density at radius 3 is 2.39 bits per heavy atom. The second-order valence-corrected chi connectivity index (χ2v) is 11.4. The van der Waals surface area contributed by atoms with Crippen LogP contribution in [0.25, 0.3) is 0 Å². The van der Waals surface area contributed by atoms with E-state index < -0.39 is 57.3 Å². The van der Waals surface area contributed by atoms with E-state index in [1.165, 1.54) is 6.08 Å². The number of ether oxygens (including phenoxy) is 3. The predicted octanol–water partition coefficient (Wildman–Crippen LogP) is 2.26. The summed E-state index contributed by atoms with van der Waals surface area (Å²) in [5, 5.41) is 0. The van der Waals surface area contributed by atoms with Gasteiger partial charge in [0.2, 0.25) is 0 Å². The minimum atomic E-state index is -1.45. The molecule has 0 aromatic heterocycles. The number of rotatable bonds is 4. The highest BCUT2D eigenvalue weighted by Crippen LogP contribution is 2.30. The monoisotopic (exact) mass is 416 g/mol. The van der Waals surface area contributed by atoms with Crippen LogP contribution in [0.15, 0.2) is 12.2 Å². The molecule has 8 nitrogen and oxygen atoms in total. The quantitative estimate of drug-likeness (QED) is 0.755. The zero-order valence-corrected chi connectivity index (χ0v) is 18.7. The van der Waals surface area contributed by atoms with Crippen LogP contribution in [0.2, 0.25) is 0 Å². The van der Waals surface area contributed by atoms with Crippen molar-refractivity contribution in [3.63, 3.8) is 0 Å². The maximum absolute atomic E-state index is 12.8. The summed E-state index contributed by atoms with van der Waals surface area (Å²) in [4.78, 5) is 26.1. The highest BCUT2D eigenvalue weighted by atomic mass is 32.2. The Labute approximate surface area is 169 Å². The first kappa shape index (κ1) is 23.0. The van der Waals surface area contributed by atoms with Crippen molar-refractivity contribution >= 4 is 23.0 Å². The van der Waals surface area contributed by atoms with E-state index in [1.54, 1.807) is 40.7 Å². The summed E-state index contributed by atoms with van der Waals surface area (Å²) in [6.07, 6.45) is 1.67. The van der Waals surface area contributed by atoms with E-state index in [-0.39, 0.29) is 6.61 Å². The number of imide groups is 1. The van der Waals surface area contributed by atoms with E-state index in [0.717, 1.165) is 4.90 Å². The molecule has 2 amide bonds. The van der Waals surface area contributed by atoms with Gasteiger partial charge in [-0.25, -0.2) is 18.6 Å². The smallest absolute Gasteiger partial charge is 0.417 e. The van der Waals surface area contributed by atoms with Crippen LogP contribution < -0.4 is 4.72 Å². The molecule has 28 heavy (non-hydrogen) atoms. The summed E-state index contributed by atoms with van der Waals surface area (Å²) in [5.41, 5.74) is -0.753. The van der Waals surface area contributed by atoms with Gasteiger partial charge in [0, 0.05) is 6.08 Å². The van der Waals surface area contributed by atoms with Gasteiger partial charge in [0.15, 0.2) is 5.79 Å². The summed E-state index contributed by atoms with van der Waals surface area (Å²) in [6.45, 7) is 14.5. The normalized spacial score (nSPS) is 27.1. The first-order valence-electron chi connectivity index (χ1n) is 9.35. The third-order valence-electron chi connectivity index (χ3n) is 4.16. The molecular formula is C19H32N2O6S. The number of nitrogens with zero attached hydrogens (tertiary/aromatic N) is 1. The van der Waals surface area contributed by atoms with Crippen LogP contribution in [0.5, 0.6) is 0 Å². The van der Waals surface area contributed by atoms with E-state index in [0.29, 0.717) is 0 Å². The third-order valence-corrected chi connectivity index (χ3v) is 5.76. The summed E-state index contributed by atoms with van der Waals surface area (Å²) in [5.74, 6) is -1.29. The minimum absolute atomic E-state index is 0.243. The van der Waals surface area contributed by atoms with Gasteiger partial charge >= 0.3 is 6.09 Å². The molecular weight excluding hydrogens is 384 g/mol. The molecule has 0 bridgehead atoms. The Balaban J connectivity index is 2.32. The summed E-state index contributed by atoms with van der Waals surface area (Å²) in [6, 6.07) is -1.34. The Kier molecular flexibility index (Phi) is 6.45. The molecule has 160 valence electrons. The molecule has 1 N–H and O–H groups in total. The second-order valence-electron chi connectivity index (χ2n) is 9.43. The number of nitrogens with one attached hydrogen (secondary N) is 1. The van der Waals surface area contributed by atoms with E-state index in [1.807, 2.05) is 20.8 Å². The zero-order chi connectivity index (χ0) is 21.5. The van der Waals surface area contributed by atoms with Gasteiger partial charge in [0.1, 0.15) is 11.7 Å². The van der Waals surface area contributed by atoms with E-state index >= 15 is 0 Å². The van der Waals surface area contributed by atoms with Crippen LogP contribution in [-0.2, 0) is 30.0 Å². The molecule has 2 heterocycles. The van der Waals surface area contributed by atoms with Crippen LogP contribution in [0.3, 0.4) is 0 Å². The van der Waals surface area contributed by atoms with Crippen LogP contribution in [0.4, 0.5) is 4.79 Å². The zero-order valence-electron chi connectivity index (χ0n) is 17.9. The maximum atomic E-state index is 12.8. The molecule has 9 heteroatoms. The fourth-order valence-corrected chi connectivity index (χ4v) is 3.75. The van der Waals surface area contributed by atoms with E-state index in [4.69, 9.17) is 14.2 Å². The van der Waals surface area contributed by atoms with Gasteiger partial charge in [-0.15, -0.1) is 0 Å². The van der Waals surface area contributed by atoms with Gasteiger partial charge in [0.05, 0.1) is 34.4 Å². The summed E-state index contributed by atoms with van der Waals surface area (Å²) < 4.78 is 32.3. The summed E-state index contributed by atoms with van der Waals surface area (Å²) in [7, 11) is -1.45. The number of carbonyl (C=O) groups excluding carboxylic acids is 2. The van der Waals surface area contributed by atoms with Crippen LogP contribution in [0.1, 0.15) is 55.4 Å². The van der Waals surface area contributed by atoms with Crippen LogP contribution >= 0.6 is 0 Å². The van der Waals surface area contributed by atoms with Crippen molar-refractivity contribution in [2.45, 2.75) is 89.7 Å². The third kappa shape index (κ3) is 5.62. The fourth-order valence-electron chi connectivity index (χ4n) is 2.86. The molecule has 1 fully saturated rings. The molecule has 1 saturated heterocycles. The molecule has 0 aromatic rings. The van der Waals surface area contributed by atoms with Gasteiger partial charge in [-0.2, -0.15) is 0 Å². The molecule has 0 spiro atoms. The SMILES string of the molecule is CC(C)(C)OC(=O)N1C(=O)C=CC1C(N[S@](=O)C(C)(C)C)[C@H]1COC(C)(C)O1. The second kappa shape index (κ2) is 7.85. The van der Waals surface area contributed by atoms with Crippen molar-refractivity contribution < 1.29 is 28.0 Å². The minimum Gasteiger partial charge on any atom is -0.443 e. The van der Waals surface area contributed by atoms with Crippen molar-refractivity contribution in [3.8, 4) is 0 Å². The average Bonchev–Trinajstić information content (AvgIpc) is 3.04. The van der Waals surface area contributed by atoms with Gasteiger partial charge in [-0.05, 0) is 55.4 Å². The summed E-state index contributed by atoms with van der Waals surface area (Å²) >= 11 is 0. The standard InChI is InChI=1S/C19H32N2O6S/c1-17(2,3)27-16(23)21-12(9-10-14(21)22)15(20-28(24)18(4,5)6)13-11-25-19(7,8)26-13/h9-10,12-13,15,20H,11H2,1-8H3/t12?,13-,15?,28-/m1/s1. The van der Waals surface area contributed by atoms with Crippen LogP contribution in [0, 0.1) is 0 Å². The van der Waals surface area contributed by atoms with Crippen molar-refractivity contribution in [1.82, 2.24) is 9.62 Å². The van der Waals surface area contributed by atoms with Gasteiger partial charge in [-0.1, -0.05) is 6.08 Å². The van der Waals surface area contributed by atoms with Crippen molar-refractivity contribution in [3.05, 3.63) is 12.2 Å². The topological polar surface area (TPSA) is 94.2 Å². The van der Waals surface area contributed by atoms with Gasteiger partial charge < -0.3 is 14.2 Å². The van der Waals surface area contributed by atoms with Gasteiger partial charge in [-0.3, -0.25) is 4.79 Å². The Morgan fingerprint density at radius 1 is 1.32 bits per heavy atom. The highest BCUT2D eigenvalue weighted by Gasteiger charge is 2.47. The largest absolute Gasteiger partial charge is 0.443 e. The molecule has 2 rings (SSSR count). The maximum Gasteiger partial charge on any atom is 0.417 e. The molecule has 4 atom stereocenters. The van der Waals surface area contributed by atoms with E-state index in [9.17, 15) is 13.8 Å². The van der Waals surface area contributed by atoms with Crippen molar-refractivity contribution in [1.29, 1.82) is 0 Å². The molecule has 0 aromatic carbocycles. The Bertz CT molecular complexity index is 677. The van der Waals surface area contributed by atoms with Crippen molar-refractivity contribution in [2.75, 3.05) is 6.61 Å². The first-order valence-corrected chi connectivity index (χ1v) is 10.5. The Morgan fingerprint density at radius 2 is 1.93 bits per heavy atom. The lowest BCUT2D eigenvalue weighted by Gasteiger charge is -2.35. The molecule has 2 aliphatic rings. The van der Waals surface area contributed by atoms with Crippen LogP contribution in [-0.4, -0.2) is 62.0 Å². The molecule has 2 unspecified atom stereocenters. The van der Waals surface area contributed by atoms with Gasteiger partial charge in [0.25, 0.3) is 5.91 Å². The molecule has 0 saturated carbocycles. The lowest BCUT2D eigenvalue weighted by atomic mass is 10.0. The lowest BCUT2D eigenvalue weighted by Crippen LogP contribution is -2.58. The Hall–Kier alpha value is -1.29.